The predicted octanol–water partition coefficient (Wildman–Crippen LogP) is 4.86. The molecule has 0 aromatic heterocycles. The van der Waals surface area contributed by atoms with Crippen LogP contribution in [0.2, 0.25) is 5.02 Å². The van der Waals surface area contributed by atoms with Crippen LogP contribution < -0.4 is 10.1 Å². The number of carbonyl (C=O) groups excluding carboxylic acids is 2. The predicted molar refractivity (Wildman–Crippen MR) is 124 cm³/mol. The summed E-state index contributed by atoms with van der Waals surface area (Å²) in [6.45, 7) is 5.95. The smallest absolute Gasteiger partial charge is 0.261 e. The van der Waals surface area contributed by atoms with Gasteiger partial charge in [-0.25, -0.2) is 0 Å². The topological polar surface area (TPSA) is 58.6 Å². The minimum Gasteiger partial charge on any atom is -0.483 e. The van der Waals surface area contributed by atoms with E-state index in [4.69, 9.17) is 16.3 Å². The molecule has 0 aliphatic heterocycles. The first-order valence-corrected chi connectivity index (χ1v) is 11.2. The van der Waals surface area contributed by atoms with Crippen molar-refractivity contribution in [1.29, 1.82) is 0 Å². The van der Waals surface area contributed by atoms with E-state index in [0.29, 0.717) is 28.2 Å². The monoisotopic (exact) mass is 494 g/mol. The summed E-state index contributed by atoms with van der Waals surface area (Å²) in [7, 11) is 0. The van der Waals surface area contributed by atoms with Gasteiger partial charge in [0.25, 0.3) is 5.91 Å². The van der Waals surface area contributed by atoms with E-state index in [1.165, 1.54) is 0 Å². The highest BCUT2D eigenvalue weighted by atomic mass is 79.9. The van der Waals surface area contributed by atoms with E-state index in [9.17, 15) is 9.59 Å². The van der Waals surface area contributed by atoms with Crippen LogP contribution in [0.3, 0.4) is 0 Å². The SMILES string of the molecule is CC[C@H](C)NC(=O)[C@H](C)N(CCc1ccccc1)C(=O)COc1ccc(Cl)cc1Br. The number of carbonyl (C=O) groups is 2. The van der Waals surface area contributed by atoms with Crippen molar-refractivity contribution in [2.45, 2.75) is 45.7 Å². The second-order valence-electron chi connectivity index (χ2n) is 7.18. The Labute approximate surface area is 191 Å². The Morgan fingerprint density at radius 1 is 1.17 bits per heavy atom. The molecule has 2 aromatic carbocycles. The molecular weight excluding hydrogens is 468 g/mol. The van der Waals surface area contributed by atoms with Gasteiger partial charge in [0, 0.05) is 17.6 Å². The first kappa shape index (κ1) is 24.2. The van der Waals surface area contributed by atoms with Gasteiger partial charge in [-0.05, 0) is 66.4 Å². The molecule has 30 heavy (non-hydrogen) atoms. The zero-order valence-electron chi connectivity index (χ0n) is 17.5. The van der Waals surface area contributed by atoms with E-state index < -0.39 is 6.04 Å². The van der Waals surface area contributed by atoms with Crippen LogP contribution in [-0.2, 0) is 16.0 Å². The molecule has 162 valence electrons. The van der Waals surface area contributed by atoms with E-state index >= 15 is 0 Å². The third-order valence-corrected chi connectivity index (χ3v) is 5.75. The first-order valence-electron chi connectivity index (χ1n) is 10.0. The van der Waals surface area contributed by atoms with Gasteiger partial charge in [0.2, 0.25) is 5.91 Å². The summed E-state index contributed by atoms with van der Waals surface area (Å²) in [5.41, 5.74) is 1.10. The van der Waals surface area contributed by atoms with Crippen LogP contribution >= 0.6 is 27.5 Å². The number of rotatable bonds is 10. The van der Waals surface area contributed by atoms with Crippen LogP contribution in [0.25, 0.3) is 0 Å². The molecule has 0 aliphatic rings. The van der Waals surface area contributed by atoms with Crippen LogP contribution in [0.1, 0.15) is 32.8 Å². The molecule has 5 nitrogen and oxygen atoms in total. The number of amides is 2. The maximum absolute atomic E-state index is 13.0. The zero-order chi connectivity index (χ0) is 22.1. The molecule has 0 heterocycles. The molecule has 0 unspecified atom stereocenters. The van der Waals surface area contributed by atoms with Gasteiger partial charge in [0.15, 0.2) is 6.61 Å². The number of halogens is 2. The number of ether oxygens (including phenoxy) is 1. The normalized spacial score (nSPS) is 12.7. The minimum absolute atomic E-state index is 0.0484. The van der Waals surface area contributed by atoms with Crippen molar-refractivity contribution in [3.05, 3.63) is 63.6 Å². The largest absolute Gasteiger partial charge is 0.483 e. The highest BCUT2D eigenvalue weighted by Crippen LogP contribution is 2.28. The summed E-state index contributed by atoms with van der Waals surface area (Å²) in [6, 6.07) is 14.4. The molecule has 2 rings (SSSR count). The summed E-state index contributed by atoms with van der Waals surface area (Å²) in [5.74, 6) is 0.102. The van der Waals surface area contributed by atoms with Crippen LogP contribution in [-0.4, -0.2) is 41.9 Å². The van der Waals surface area contributed by atoms with E-state index in [1.54, 1.807) is 30.0 Å². The summed E-state index contributed by atoms with van der Waals surface area (Å²) >= 11 is 9.34. The number of benzene rings is 2. The van der Waals surface area contributed by atoms with Crippen LogP contribution in [0.5, 0.6) is 5.75 Å². The maximum atomic E-state index is 13.0. The first-order chi connectivity index (χ1) is 14.3. The standard InChI is InChI=1S/C23H28BrClN2O3/c1-4-16(2)26-23(29)17(3)27(13-12-18-8-6-5-7-9-18)22(28)15-30-21-11-10-19(25)14-20(21)24/h5-11,14,16-17H,4,12-13,15H2,1-3H3,(H,26,29)/t16-,17-/m0/s1. The van der Waals surface area contributed by atoms with E-state index in [0.717, 1.165) is 12.0 Å². The number of hydrogen-bond donors (Lipinski definition) is 1. The average molecular weight is 496 g/mol. The van der Waals surface area contributed by atoms with Gasteiger partial charge in [-0.15, -0.1) is 0 Å². The van der Waals surface area contributed by atoms with Gasteiger partial charge in [0.1, 0.15) is 11.8 Å². The van der Waals surface area contributed by atoms with Gasteiger partial charge in [-0.3, -0.25) is 9.59 Å². The molecule has 0 fully saturated rings. The number of hydrogen-bond acceptors (Lipinski definition) is 3. The van der Waals surface area contributed by atoms with Gasteiger partial charge >= 0.3 is 0 Å². The average Bonchev–Trinajstić information content (AvgIpc) is 2.73. The Morgan fingerprint density at radius 2 is 1.87 bits per heavy atom. The Hall–Kier alpha value is -2.05. The van der Waals surface area contributed by atoms with E-state index in [-0.39, 0.29) is 24.5 Å². The molecule has 2 atom stereocenters. The van der Waals surface area contributed by atoms with Crippen molar-refractivity contribution in [1.82, 2.24) is 10.2 Å². The second-order valence-corrected chi connectivity index (χ2v) is 8.47. The van der Waals surface area contributed by atoms with Gasteiger partial charge < -0.3 is 15.0 Å². The van der Waals surface area contributed by atoms with Crippen molar-refractivity contribution in [2.24, 2.45) is 0 Å². The third-order valence-electron chi connectivity index (χ3n) is 4.90. The highest BCUT2D eigenvalue weighted by Gasteiger charge is 2.26. The lowest BCUT2D eigenvalue weighted by Gasteiger charge is -2.29. The minimum atomic E-state index is -0.604. The quantitative estimate of drug-likeness (QED) is 0.512. The van der Waals surface area contributed by atoms with Gasteiger partial charge in [-0.1, -0.05) is 48.9 Å². The molecule has 0 aliphatic carbocycles. The van der Waals surface area contributed by atoms with Crippen LogP contribution in [0.15, 0.2) is 53.0 Å². The summed E-state index contributed by atoms with van der Waals surface area (Å²) in [5, 5.41) is 3.53. The molecule has 2 amide bonds. The molecule has 2 aromatic rings. The van der Waals surface area contributed by atoms with Crippen molar-refractivity contribution in [3.63, 3.8) is 0 Å². The summed E-state index contributed by atoms with van der Waals surface area (Å²) in [6.07, 6.45) is 1.47. The summed E-state index contributed by atoms with van der Waals surface area (Å²) in [4.78, 5) is 27.2. The van der Waals surface area contributed by atoms with Crippen molar-refractivity contribution < 1.29 is 14.3 Å². The van der Waals surface area contributed by atoms with Gasteiger partial charge in [0.05, 0.1) is 4.47 Å². The molecule has 0 saturated heterocycles. The number of nitrogens with zero attached hydrogens (tertiary/aromatic N) is 1. The van der Waals surface area contributed by atoms with Crippen molar-refractivity contribution in [2.75, 3.05) is 13.2 Å². The molecule has 0 saturated carbocycles. The summed E-state index contributed by atoms with van der Waals surface area (Å²) < 4.78 is 6.36. The van der Waals surface area contributed by atoms with E-state index in [1.807, 2.05) is 44.2 Å². The third kappa shape index (κ3) is 7.33. The Bertz CT molecular complexity index is 848. The second kappa shape index (κ2) is 12.0. The highest BCUT2D eigenvalue weighted by molar-refractivity contribution is 9.10. The molecule has 0 spiro atoms. The van der Waals surface area contributed by atoms with E-state index in [2.05, 4.69) is 21.2 Å². The Balaban J connectivity index is 2.09. The molecule has 0 radical (unpaired) electrons. The fourth-order valence-corrected chi connectivity index (χ4v) is 3.65. The maximum Gasteiger partial charge on any atom is 0.261 e. The molecular formula is C23H28BrClN2O3. The van der Waals surface area contributed by atoms with Crippen LogP contribution in [0, 0.1) is 0 Å². The lowest BCUT2D eigenvalue weighted by Crippen LogP contribution is -2.51. The molecule has 0 bridgehead atoms. The van der Waals surface area contributed by atoms with Crippen molar-refractivity contribution >= 4 is 39.3 Å². The molecule has 7 heteroatoms. The zero-order valence-corrected chi connectivity index (χ0v) is 19.9. The van der Waals surface area contributed by atoms with Crippen LogP contribution in [0.4, 0.5) is 0 Å². The Morgan fingerprint density at radius 3 is 2.50 bits per heavy atom. The fourth-order valence-electron chi connectivity index (χ4n) is 2.85. The fraction of sp³-hybridized carbons (Fsp3) is 0.391. The number of nitrogens with one attached hydrogen (secondary N) is 1. The lowest BCUT2D eigenvalue weighted by atomic mass is 10.1. The Kier molecular flexibility index (Phi) is 9.66. The van der Waals surface area contributed by atoms with Gasteiger partial charge in [-0.2, -0.15) is 0 Å². The van der Waals surface area contributed by atoms with Crippen molar-refractivity contribution in [3.8, 4) is 5.75 Å². The molecule has 1 N–H and O–H groups in total. The lowest BCUT2D eigenvalue weighted by molar-refractivity contribution is -0.141.